The molecule has 1 fully saturated rings. The molecule has 0 spiro atoms. The van der Waals surface area contributed by atoms with Crippen molar-refractivity contribution in [1.29, 1.82) is 0 Å². The summed E-state index contributed by atoms with van der Waals surface area (Å²) in [5.74, 6) is 0.0165. The molecule has 1 aromatic heterocycles. The van der Waals surface area contributed by atoms with Crippen LogP contribution in [0.15, 0.2) is 73.1 Å². The fourth-order valence-corrected chi connectivity index (χ4v) is 3.26. The van der Waals surface area contributed by atoms with Crippen LogP contribution in [0.4, 0.5) is 11.4 Å². The van der Waals surface area contributed by atoms with E-state index in [1.54, 1.807) is 6.20 Å². The van der Waals surface area contributed by atoms with Crippen LogP contribution in [0.2, 0.25) is 0 Å². The summed E-state index contributed by atoms with van der Waals surface area (Å²) in [5.41, 5.74) is 2.43. The molecule has 0 aliphatic carbocycles. The number of morpholine rings is 1. The second kappa shape index (κ2) is 8.05. The number of ether oxygens (including phenoxy) is 1. The van der Waals surface area contributed by atoms with Crippen molar-refractivity contribution < 1.29 is 9.53 Å². The molecule has 2 heterocycles. The van der Waals surface area contributed by atoms with Gasteiger partial charge in [-0.2, -0.15) is 5.10 Å². The van der Waals surface area contributed by atoms with E-state index in [1.807, 2.05) is 76.4 Å². The number of amides is 1. The Kier molecular flexibility index (Phi) is 5.16. The molecule has 1 aliphatic heterocycles. The Morgan fingerprint density at radius 1 is 1.11 bits per heavy atom. The highest BCUT2D eigenvalue weighted by molar-refractivity contribution is 6.00. The van der Waals surface area contributed by atoms with Crippen LogP contribution in [-0.2, 0) is 11.3 Å². The predicted octanol–water partition coefficient (Wildman–Crippen LogP) is 3.17. The van der Waals surface area contributed by atoms with Gasteiger partial charge in [0.05, 0.1) is 30.5 Å². The lowest BCUT2D eigenvalue weighted by atomic mass is 10.1. The summed E-state index contributed by atoms with van der Waals surface area (Å²) in [5, 5.41) is 7.57. The van der Waals surface area contributed by atoms with Crippen LogP contribution in [0, 0.1) is 0 Å². The maximum Gasteiger partial charge on any atom is 0.256 e. The van der Waals surface area contributed by atoms with E-state index in [1.165, 1.54) is 0 Å². The van der Waals surface area contributed by atoms with Crippen molar-refractivity contribution >= 4 is 17.3 Å². The normalized spacial score (nSPS) is 16.9. The number of hydrogen-bond acceptors (Lipinski definition) is 4. The van der Waals surface area contributed by atoms with Crippen molar-refractivity contribution in [3.8, 4) is 0 Å². The Labute approximate surface area is 158 Å². The van der Waals surface area contributed by atoms with Crippen molar-refractivity contribution in [2.45, 2.75) is 12.6 Å². The van der Waals surface area contributed by atoms with Crippen molar-refractivity contribution in [2.24, 2.45) is 0 Å². The lowest BCUT2D eigenvalue weighted by Crippen LogP contribution is -2.47. The second-order valence-corrected chi connectivity index (χ2v) is 6.51. The van der Waals surface area contributed by atoms with Gasteiger partial charge >= 0.3 is 0 Å². The van der Waals surface area contributed by atoms with Crippen LogP contribution >= 0.6 is 0 Å². The summed E-state index contributed by atoms with van der Waals surface area (Å²) >= 11 is 0. The van der Waals surface area contributed by atoms with Gasteiger partial charge < -0.3 is 15.0 Å². The van der Waals surface area contributed by atoms with Crippen molar-refractivity contribution in [3.63, 3.8) is 0 Å². The maximum atomic E-state index is 13.2. The quantitative estimate of drug-likeness (QED) is 0.757. The molecule has 1 atom stereocenters. The summed E-state index contributed by atoms with van der Waals surface area (Å²) in [7, 11) is 0. The van der Waals surface area contributed by atoms with E-state index in [0.29, 0.717) is 31.8 Å². The number of carbonyl (C=O) groups is 1. The zero-order valence-electron chi connectivity index (χ0n) is 15.0. The average Bonchev–Trinajstić information content (AvgIpc) is 3.22. The largest absolute Gasteiger partial charge is 0.373 e. The zero-order valence-corrected chi connectivity index (χ0v) is 15.0. The first-order valence-corrected chi connectivity index (χ1v) is 9.09. The van der Waals surface area contributed by atoms with E-state index in [9.17, 15) is 4.79 Å². The SMILES string of the molecule is O=C(c1ccccc1Nc1ccccc1)N1CCOC(Cn2cccn2)C1. The van der Waals surface area contributed by atoms with E-state index in [-0.39, 0.29) is 12.0 Å². The van der Waals surface area contributed by atoms with Gasteiger partial charge in [0.25, 0.3) is 5.91 Å². The number of hydrogen-bond donors (Lipinski definition) is 1. The van der Waals surface area contributed by atoms with E-state index >= 15 is 0 Å². The number of carbonyl (C=O) groups excluding carboxylic acids is 1. The predicted molar refractivity (Wildman–Crippen MR) is 104 cm³/mol. The summed E-state index contributed by atoms with van der Waals surface area (Å²) in [6, 6.07) is 19.4. The maximum absolute atomic E-state index is 13.2. The molecule has 138 valence electrons. The molecule has 6 heteroatoms. The van der Waals surface area contributed by atoms with Crippen molar-refractivity contribution in [2.75, 3.05) is 25.0 Å². The molecule has 0 radical (unpaired) electrons. The first-order chi connectivity index (χ1) is 13.3. The third-order valence-corrected chi connectivity index (χ3v) is 4.59. The number of nitrogens with one attached hydrogen (secondary N) is 1. The molecule has 27 heavy (non-hydrogen) atoms. The lowest BCUT2D eigenvalue weighted by Gasteiger charge is -2.33. The molecule has 4 rings (SSSR count). The Morgan fingerprint density at radius 3 is 2.74 bits per heavy atom. The lowest BCUT2D eigenvalue weighted by molar-refractivity contribution is -0.0299. The van der Waals surface area contributed by atoms with Crippen LogP contribution in [0.25, 0.3) is 0 Å². The van der Waals surface area contributed by atoms with Crippen LogP contribution in [0.3, 0.4) is 0 Å². The Morgan fingerprint density at radius 2 is 1.93 bits per heavy atom. The van der Waals surface area contributed by atoms with Crippen LogP contribution in [-0.4, -0.2) is 46.4 Å². The minimum Gasteiger partial charge on any atom is -0.373 e. The van der Waals surface area contributed by atoms with Gasteiger partial charge in [0, 0.05) is 31.2 Å². The van der Waals surface area contributed by atoms with Gasteiger partial charge in [0.15, 0.2) is 0 Å². The fourth-order valence-electron chi connectivity index (χ4n) is 3.26. The Bertz CT molecular complexity index is 880. The monoisotopic (exact) mass is 362 g/mol. The van der Waals surface area contributed by atoms with E-state index in [0.717, 1.165) is 11.4 Å². The molecule has 0 saturated carbocycles. The number of anilines is 2. The number of para-hydroxylation sites is 2. The highest BCUT2D eigenvalue weighted by Crippen LogP contribution is 2.23. The molecule has 0 bridgehead atoms. The Hall–Kier alpha value is -3.12. The molecule has 6 nitrogen and oxygen atoms in total. The van der Waals surface area contributed by atoms with Crippen LogP contribution < -0.4 is 5.32 Å². The number of rotatable bonds is 5. The van der Waals surface area contributed by atoms with Crippen molar-refractivity contribution in [1.82, 2.24) is 14.7 Å². The van der Waals surface area contributed by atoms with Gasteiger partial charge in [-0.1, -0.05) is 30.3 Å². The first kappa shape index (κ1) is 17.3. The van der Waals surface area contributed by atoms with Gasteiger partial charge in [-0.15, -0.1) is 0 Å². The highest BCUT2D eigenvalue weighted by Gasteiger charge is 2.26. The third-order valence-electron chi connectivity index (χ3n) is 4.59. The summed E-state index contributed by atoms with van der Waals surface area (Å²) < 4.78 is 7.66. The standard InChI is InChI=1S/C21H22N4O2/c26-21(24-13-14-27-18(15-24)16-25-12-6-11-22-25)19-9-4-5-10-20(19)23-17-7-2-1-3-8-17/h1-12,18,23H,13-16H2. The van der Waals surface area contributed by atoms with Gasteiger partial charge in [0.2, 0.25) is 0 Å². The molecule has 1 unspecified atom stereocenters. The highest BCUT2D eigenvalue weighted by atomic mass is 16.5. The van der Waals surface area contributed by atoms with Crippen LogP contribution in [0.1, 0.15) is 10.4 Å². The summed E-state index contributed by atoms with van der Waals surface area (Å²) in [6.07, 6.45) is 3.59. The molecular formula is C21H22N4O2. The third kappa shape index (κ3) is 4.17. The first-order valence-electron chi connectivity index (χ1n) is 9.09. The minimum absolute atomic E-state index is 0.0165. The van der Waals surface area contributed by atoms with Crippen LogP contribution in [0.5, 0.6) is 0 Å². The second-order valence-electron chi connectivity index (χ2n) is 6.51. The van der Waals surface area contributed by atoms with Gasteiger partial charge in [-0.05, 0) is 30.3 Å². The number of nitrogens with zero attached hydrogens (tertiary/aromatic N) is 3. The van der Waals surface area contributed by atoms with Gasteiger partial charge in [-0.25, -0.2) is 0 Å². The van der Waals surface area contributed by atoms with E-state index in [4.69, 9.17) is 4.74 Å². The summed E-state index contributed by atoms with van der Waals surface area (Å²) in [4.78, 5) is 15.0. The molecule has 1 amide bonds. The molecule has 1 saturated heterocycles. The van der Waals surface area contributed by atoms with E-state index < -0.39 is 0 Å². The molecule has 1 aliphatic rings. The molecule has 2 aromatic carbocycles. The number of aromatic nitrogens is 2. The topological polar surface area (TPSA) is 59.4 Å². The fraction of sp³-hybridized carbons (Fsp3) is 0.238. The number of benzene rings is 2. The van der Waals surface area contributed by atoms with E-state index in [2.05, 4.69) is 10.4 Å². The summed E-state index contributed by atoms with van der Waals surface area (Å²) in [6.45, 7) is 2.32. The molecule has 1 N–H and O–H groups in total. The minimum atomic E-state index is -0.0585. The Balaban J connectivity index is 1.49. The zero-order chi connectivity index (χ0) is 18.5. The smallest absolute Gasteiger partial charge is 0.256 e. The van der Waals surface area contributed by atoms with Crippen molar-refractivity contribution in [3.05, 3.63) is 78.6 Å². The molecular weight excluding hydrogens is 340 g/mol. The average molecular weight is 362 g/mol. The van der Waals surface area contributed by atoms with Gasteiger partial charge in [0.1, 0.15) is 0 Å². The van der Waals surface area contributed by atoms with Gasteiger partial charge in [-0.3, -0.25) is 9.48 Å². The molecule has 3 aromatic rings.